The molecular formula is C33H37N5O6S. The third-order valence-electron chi connectivity index (χ3n) is 8.37. The molecule has 0 saturated carbocycles. The van der Waals surface area contributed by atoms with E-state index in [9.17, 15) is 23.3 Å². The van der Waals surface area contributed by atoms with Crippen molar-refractivity contribution in [1.82, 2.24) is 15.1 Å². The van der Waals surface area contributed by atoms with Gasteiger partial charge in [0.15, 0.2) is 5.54 Å². The number of amides is 2. The highest BCUT2D eigenvalue weighted by Crippen LogP contribution is 2.50. The zero-order valence-corrected chi connectivity index (χ0v) is 26.8. The van der Waals surface area contributed by atoms with Crippen LogP contribution >= 0.6 is 0 Å². The normalized spacial score (nSPS) is 18.8. The quantitative estimate of drug-likeness (QED) is 0.358. The molecule has 2 aliphatic rings. The number of carbonyl (C=O) groups is 2. The first-order valence-electron chi connectivity index (χ1n) is 14.6. The van der Waals surface area contributed by atoms with Crippen LogP contribution in [0.3, 0.4) is 0 Å². The van der Waals surface area contributed by atoms with Crippen molar-refractivity contribution in [3.05, 3.63) is 82.9 Å². The molecule has 1 N–H and O–H groups in total. The first-order chi connectivity index (χ1) is 21.5. The minimum Gasteiger partial charge on any atom is -0.497 e. The van der Waals surface area contributed by atoms with Gasteiger partial charge >= 0.3 is 0 Å². The number of nitrogens with one attached hydrogen (secondary N) is 1. The average Bonchev–Trinajstić information content (AvgIpc) is 3.64. The maximum absolute atomic E-state index is 15.0. The molecule has 1 fully saturated rings. The predicted octanol–water partition coefficient (Wildman–Crippen LogP) is 3.22. The molecule has 0 aromatic heterocycles. The van der Waals surface area contributed by atoms with E-state index in [1.165, 1.54) is 61.6 Å². The monoisotopic (exact) mass is 631 g/mol. The SMILES string of the molecule is COc1ccc(S(=O)(=O)N2C(=O)C(N[C@@H](C)C(=O)N(C)C)(c3ccc(CN4CCCC4)cc3OC)c3cc(C#N)ccc32)cc1. The molecule has 1 saturated heterocycles. The van der Waals surface area contributed by atoms with Gasteiger partial charge in [-0.3, -0.25) is 19.8 Å². The number of benzene rings is 3. The van der Waals surface area contributed by atoms with E-state index < -0.39 is 27.5 Å². The fourth-order valence-electron chi connectivity index (χ4n) is 6.15. The van der Waals surface area contributed by atoms with Gasteiger partial charge in [0, 0.05) is 31.8 Å². The number of methoxy groups -OCH3 is 2. The lowest BCUT2D eigenvalue weighted by molar-refractivity contribution is -0.131. The smallest absolute Gasteiger partial charge is 0.270 e. The van der Waals surface area contributed by atoms with Gasteiger partial charge in [0.25, 0.3) is 15.9 Å². The molecule has 3 aromatic carbocycles. The van der Waals surface area contributed by atoms with Crippen LogP contribution in [0.15, 0.2) is 65.6 Å². The largest absolute Gasteiger partial charge is 0.497 e. The first-order valence-corrected chi connectivity index (χ1v) is 16.1. The summed E-state index contributed by atoms with van der Waals surface area (Å²) in [6.07, 6.45) is 2.26. The van der Waals surface area contributed by atoms with Gasteiger partial charge in [-0.2, -0.15) is 5.26 Å². The Labute approximate surface area is 264 Å². The molecule has 0 radical (unpaired) electrons. The van der Waals surface area contributed by atoms with Crippen LogP contribution in [0.25, 0.3) is 0 Å². The van der Waals surface area contributed by atoms with Crippen LogP contribution in [0.2, 0.25) is 0 Å². The van der Waals surface area contributed by atoms with Crippen molar-refractivity contribution in [3.8, 4) is 17.6 Å². The first kappa shape index (κ1) is 32.0. The maximum atomic E-state index is 15.0. The number of nitriles is 1. The summed E-state index contributed by atoms with van der Waals surface area (Å²) in [5.74, 6) is -0.394. The van der Waals surface area contributed by atoms with Crippen LogP contribution in [0.5, 0.6) is 11.5 Å². The van der Waals surface area contributed by atoms with Gasteiger partial charge in [-0.05, 0) is 86.9 Å². The van der Waals surface area contributed by atoms with E-state index in [-0.39, 0.29) is 27.6 Å². The minimum absolute atomic E-state index is 0.0648. The molecule has 0 bridgehead atoms. The molecule has 45 heavy (non-hydrogen) atoms. The van der Waals surface area contributed by atoms with Crippen molar-refractivity contribution in [1.29, 1.82) is 5.26 Å². The van der Waals surface area contributed by atoms with Crippen molar-refractivity contribution in [2.75, 3.05) is 45.7 Å². The third kappa shape index (κ3) is 5.63. The summed E-state index contributed by atoms with van der Waals surface area (Å²) in [6.45, 7) is 4.27. The van der Waals surface area contributed by atoms with Crippen LogP contribution in [0.1, 0.15) is 42.0 Å². The molecule has 0 spiro atoms. The number of fused-ring (bicyclic) bond motifs is 1. The zero-order valence-electron chi connectivity index (χ0n) is 26.0. The van der Waals surface area contributed by atoms with E-state index in [2.05, 4.69) is 16.3 Å². The van der Waals surface area contributed by atoms with E-state index in [0.717, 1.165) is 35.8 Å². The summed E-state index contributed by atoms with van der Waals surface area (Å²) in [7, 11) is 1.67. The van der Waals surface area contributed by atoms with Gasteiger partial charge in [0.05, 0.1) is 42.5 Å². The highest BCUT2D eigenvalue weighted by Gasteiger charge is 2.58. The Balaban J connectivity index is 1.75. The molecule has 0 aliphatic carbocycles. The number of ether oxygens (including phenoxy) is 2. The molecule has 236 valence electrons. The second-order valence-electron chi connectivity index (χ2n) is 11.5. The van der Waals surface area contributed by atoms with Crippen molar-refractivity contribution in [2.24, 2.45) is 0 Å². The fraction of sp³-hybridized carbons (Fsp3) is 0.364. The number of likely N-dealkylation sites (tertiary alicyclic amines) is 1. The zero-order chi connectivity index (χ0) is 32.5. The van der Waals surface area contributed by atoms with Gasteiger partial charge in [-0.25, -0.2) is 12.7 Å². The van der Waals surface area contributed by atoms with Gasteiger partial charge in [-0.15, -0.1) is 0 Å². The Morgan fingerprint density at radius 1 is 1.02 bits per heavy atom. The molecule has 2 aliphatic heterocycles. The fourth-order valence-corrected chi connectivity index (χ4v) is 7.61. The van der Waals surface area contributed by atoms with E-state index >= 15 is 0 Å². The number of likely N-dealkylation sites (N-methyl/N-ethyl adjacent to an activating group) is 1. The second-order valence-corrected chi connectivity index (χ2v) is 13.2. The number of sulfonamides is 1. The maximum Gasteiger partial charge on any atom is 0.270 e. The Hall–Kier alpha value is -4.44. The van der Waals surface area contributed by atoms with Crippen LogP contribution < -0.4 is 19.1 Å². The van der Waals surface area contributed by atoms with E-state index in [1.807, 2.05) is 12.1 Å². The number of anilines is 1. The molecule has 2 atom stereocenters. The van der Waals surface area contributed by atoms with E-state index in [0.29, 0.717) is 23.6 Å². The number of hydrogen-bond donors (Lipinski definition) is 1. The topological polar surface area (TPSA) is 132 Å². The van der Waals surface area contributed by atoms with Crippen LogP contribution in [-0.2, 0) is 31.7 Å². The highest BCUT2D eigenvalue weighted by atomic mass is 32.2. The molecule has 2 amide bonds. The molecule has 5 rings (SSSR count). The summed E-state index contributed by atoms with van der Waals surface area (Å²) in [4.78, 5) is 31.8. The molecule has 11 nitrogen and oxygen atoms in total. The number of nitrogens with zero attached hydrogens (tertiary/aromatic N) is 4. The summed E-state index contributed by atoms with van der Waals surface area (Å²) >= 11 is 0. The van der Waals surface area contributed by atoms with Crippen molar-refractivity contribution in [2.45, 2.75) is 42.8 Å². The lowest BCUT2D eigenvalue weighted by Gasteiger charge is -2.35. The number of hydrogen-bond acceptors (Lipinski definition) is 9. The second kappa shape index (κ2) is 12.5. The van der Waals surface area contributed by atoms with E-state index in [4.69, 9.17) is 9.47 Å². The average molecular weight is 632 g/mol. The van der Waals surface area contributed by atoms with Gasteiger partial charge in [0.2, 0.25) is 5.91 Å². The summed E-state index contributed by atoms with van der Waals surface area (Å²) in [5.41, 5.74) is -0.133. The van der Waals surface area contributed by atoms with Gasteiger partial charge in [-0.1, -0.05) is 12.1 Å². The van der Waals surface area contributed by atoms with Crippen molar-refractivity contribution >= 4 is 27.5 Å². The molecule has 1 unspecified atom stereocenters. The predicted molar refractivity (Wildman–Crippen MR) is 168 cm³/mol. The Kier molecular flexibility index (Phi) is 8.89. The molecule has 12 heteroatoms. The molecular weight excluding hydrogens is 594 g/mol. The lowest BCUT2D eigenvalue weighted by atomic mass is 9.81. The summed E-state index contributed by atoms with van der Waals surface area (Å²) in [5, 5.41) is 13.1. The Morgan fingerprint density at radius 2 is 1.71 bits per heavy atom. The van der Waals surface area contributed by atoms with Crippen molar-refractivity contribution in [3.63, 3.8) is 0 Å². The Bertz CT molecular complexity index is 1760. The highest BCUT2D eigenvalue weighted by molar-refractivity contribution is 7.93. The summed E-state index contributed by atoms with van der Waals surface area (Å²) < 4.78 is 40.4. The molecule has 2 heterocycles. The number of rotatable bonds is 10. The standard InChI is InChI=1S/C33H37N5O6S/c1-22(31(39)36(2)3)35-33(27-14-8-24(19-30(27)44-5)21-37-16-6-7-17-37)28-18-23(20-34)9-15-29(28)38(32(33)40)45(41,42)26-12-10-25(43-4)11-13-26/h8-15,18-19,22,35H,6-7,16-17,21H2,1-5H3/t22-,33?/m0/s1. The molecule has 3 aromatic rings. The lowest BCUT2D eigenvalue weighted by Crippen LogP contribution is -2.58. The summed E-state index contributed by atoms with van der Waals surface area (Å²) in [6, 6.07) is 16.8. The van der Waals surface area contributed by atoms with Crippen LogP contribution in [0, 0.1) is 11.3 Å². The van der Waals surface area contributed by atoms with Crippen LogP contribution in [0.4, 0.5) is 5.69 Å². The van der Waals surface area contributed by atoms with Crippen molar-refractivity contribution < 1.29 is 27.5 Å². The van der Waals surface area contributed by atoms with E-state index in [1.54, 1.807) is 27.1 Å². The third-order valence-corrected chi connectivity index (χ3v) is 10.1. The van der Waals surface area contributed by atoms with Crippen LogP contribution in [-0.4, -0.2) is 77.5 Å². The Morgan fingerprint density at radius 3 is 2.31 bits per heavy atom. The van der Waals surface area contributed by atoms with Gasteiger partial charge in [0.1, 0.15) is 11.5 Å². The van der Waals surface area contributed by atoms with Gasteiger partial charge < -0.3 is 14.4 Å². The minimum atomic E-state index is -4.48. The number of carbonyl (C=O) groups excluding carboxylic acids is 2.